The van der Waals surface area contributed by atoms with Crippen LogP contribution >= 0.6 is 0 Å². The lowest BCUT2D eigenvalue weighted by Crippen LogP contribution is -2.36. The van der Waals surface area contributed by atoms with Crippen LogP contribution < -0.4 is 4.74 Å². The third-order valence-corrected chi connectivity index (χ3v) is 4.86. The molecule has 0 unspecified atom stereocenters. The van der Waals surface area contributed by atoms with Crippen LogP contribution in [0.1, 0.15) is 41.0 Å². The molecule has 28 heavy (non-hydrogen) atoms. The van der Waals surface area contributed by atoms with E-state index in [1.165, 1.54) is 17.5 Å². The second kappa shape index (κ2) is 7.42. The maximum atomic E-state index is 13.1. The van der Waals surface area contributed by atoms with Crippen molar-refractivity contribution in [2.75, 3.05) is 6.54 Å². The molecule has 0 atom stereocenters. The molecule has 0 fully saturated rings. The fourth-order valence-corrected chi connectivity index (χ4v) is 3.44. The molecule has 0 saturated heterocycles. The van der Waals surface area contributed by atoms with Crippen molar-refractivity contribution in [3.05, 3.63) is 65.2 Å². The Bertz CT molecular complexity index is 1010. The number of amides is 1. The smallest absolute Gasteiger partial charge is 0.257 e. The molecule has 0 saturated carbocycles. The number of nitrogens with zero attached hydrogens (tertiary/aromatic N) is 5. The SMILES string of the molecule is Cc1c(C(=O)N2CCc3ccccc3C2)cnn1-c1cc(OC(C)C)ncn1. The topological polar surface area (TPSA) is 73.1 Å². The van der Waals surface area contributed by atoms with E-state index in [-0.39, 0.29) is 12.0 Å². The second-order valence-corrected chi connectivity index (χ2v) is 7.18. The normalized spacial score (nSPS) is 13.5. The highest BCUT2D eigenvalue weighted by Gasteiger charge is 2.25. The van der Waals surface area contributed by atoms with Gasteiger partial charge in [0.05, 0.1) is 23.6 Å². The van der Waals surface area contributed by atoms with E-state index >= 15 is 0 Å². The Kier molecular flexibility index (Phi) is 4.81. The summed E-state index contributed by atoms with van der Waals surface area (Å²) < 4.78 is 7.28. The summed E-state index contributed by atoms with van der Waals surface area (Å²) in [5.74, 6) is 1.05. The van der Waals surface area contributed by atoms with Crippen LogP contribution in [0.25, 0.3) is 5.82 Å². The van der Waals surface area contributed by atoms with Gasteiger partial charge in [0.25, 0.3) is 5.91 Å². The minimum absolute atomic E-state index is 0.00837. The van der Waals surface area contributed by atoms with Crippen LogP contribution in [0.2, 0.25) is 0 Å². The molecule has 0 bridgehead atoms. The van der Waals surface area contributed by atoms with Gasteiger partial charge in [-0.2, -0.15) is 5.10 Å². The zero-order valence-electron chi connectivity index (χ0n) is 16.3. The molecule has 0 N–H and O–H groups in total. The number of carbonyl (C=O) groups is 1. The summed E-state index contributed by atoms with van der Waals surface area (Å²) in [6.45, 7) is 7.09. The van der Waals surface area contributed by atoms with Crippen molar-refractivity contribution in [3.8, 4) is 11.7 Å². The Hall–Kier alpha value is -3.22. The molecule has 144 valence electrons. The van der Waals surface area contributed by atoms with E-state index in [0.717, 1.165) is 12.1 Å². The standard InChI is InChI=1S/C21H23N5O2/c1-14(2)28-20-10-19(22-13-23-20)26-15(3)18(11-24-26)21(27)25-9-8-16-6-4-5-7-17(16)12-25/h4-7,10-11,13-14H,8-9,12H2,1-3H3. The average Bonchev–Trinajstić information content (AvgIpc) is 3.08. The number of rotatable bonds is 4. The lowest BCUT2D eigenvalue weighted by atomic mass is 9.99. The van der Waals surface area contributed by atoms with Crippen molar-refractivity contribution >= 4 is 5.91 Å². The molecular weight excluding hydrogens is 354 g/mol. The highest BCUT2D eigenvalue weighted by atomic mass is 16.5. The Balaban J connectivity index is 1.58. The van der Waals surface area contributed by atoms with Gasteiger partial charge < -0.3 is 9.64 Å². The third kappa shape index (κ3) is 3.47. The largest absolute Gasteiger partial charge is 0.475 e. The summed E-state index contributed by atoms with van der Waals surface area (Å²) in [5, 5.41) is 4.39. The number of carbonyl (C=O) groups excluding carboxylic acids is 1. The molecule has 7 heteroatoms. The van der Waals surface area contributed by atoms with Crippen LogP contribution in [0, 0.1) is 6.92 Å². The molecule has 1 amide bonds. The lowest BCUT2D eigenvalue weighted by molar-refractivity contribution is 0.0734. The summed E-state index contributed by atoms with van der Waals surface area (Å²) in [4.78, 5) is 23.4. The van der Waals surface area contributed by atoms with Gasteiger partial charge in [-0.15, -0.1) is 0 Å². The van der Waals surface area contributed by atoms with E-state index in [9.17, 15) is 4.79 Å². The lowest BCUT2D eigenvalue weighted by Gasteiger charge is -2.28. The molecule has 0 spiro atoms. The fourth-order valence-electron chi connectivity index (χ4n) is 3.44. The number of fused-ring (bicyclic) bond motifs is 1. The molecule has 1 aliphatic heterocycles. The Morgan fingerprint density at radius 2 is 1.96 bits per heavy atom. The summed E-state index contributed by atoms with van der Waals surface area (Å²) in [7, 11) is 0. The van der Waals surface area contributed by atoms with Gasteiger partial charge in [-0.05, 0) is 38.3 Å². The van der Waals surface area contributed by atoms with Gasteiger partial charge in [-0.3, -0.25) is 4.79 Å². The molecule has 7 nitrogen and oxygen atoms in total. The quantitative estimate of drug-likeness (QED) is 0.699. The van der Waals surface area contributed by atoms with Gasteiger partial charge in [0.15, 0.2) is 5.82 Å². The molecule has 1 aromatic carbocycles. The molecule has 0 radical (unpaired) electrons. The van der Waals surface area contributed by atoms with Gasteiger partial charge in [0.1, 0.15) is 6.33 Å². The zero-order chi connectivity index (χ0) is 19.7. The maximum Gasteiger partial charge on any atom is 0.257 e. The van der Waals surface area contributed by atoms with Gasteiger partial charge in [-0.25, -0.2) is 14.6 Å². The van der Waals surface area contributed by atoms with E-state index in [1.807, 2.05) is 37.8 Å². The van der Waals surface area contributed by atoms with Crippen molar-refractivity contribution in [2.24, 2.45) is 0 Å². The Morgan fingerprint density at radius 3 is 2.75 bits per heavy atom. The van der Waals surface area contributed by atoms with E-state index in [2.05, 4.69) is 27.2 Å². The molecular formula is C21H23N5O2. The van der Waals surface area contributed by atoms with Crippen molar-refractivity contribution in [1.82, 2.24) is 24.6 Å². The highest BCUT2D eigenvalue weighted by Crippen LogP contribution is 2.22. The first-order chi connectivity index (χ1) is 13.5. The van der Waals surface area contributed by atoms with Crippen molar-refractivity contribution in [1.29, 1.82) is 0 Å². The maximum absolute atomic E-state index is 13.1. The molecule has 2 aromatic heterocycles. The number of hydrogen-bond donors (Lipinski definition) is 0. The van der Waals surface area contributed by atoms with Crippen LogP contribution in [0.15, 0.2) is 42.9 Å². The van der Waals surface area contributed by atoms with Gasteiger partial charge in [0, 0.05) is 19.2 Å². The van der Waals surface area contributed by atoms with E-state index in [1.54, 1.807) is 16.9 Å². The Labute approximate surface area is 164 Å². The molecule has 1 aliphatic rings. The van der Waals surface area contributed by atoms with Crippen molar-refractivity contribution in [2.45, 2.75) is 39.8 Å². The van der Waals surface area contributed by atoms with E-state index in [0.29, 0.717) is 30.4 Å². The fraction of sp³-hybridized carbons (Fsp3) is 0.333. The molecule has 3 aromatic rings. The predicted molar refractivity (Wildman–Crippen MR) is 105 cm³/mol. The number of benzene rings is 1. The first-order valence-corrected chi connectivity index (χ1v) is 9.42. The summed E-state index contributed by atoms with van der Waals surface area (Å²) in [6.07, 6.45) is 3.94. The number of aromatic nitrogens is 4. The first-order valence-electron chi connectivity index (χ1n) is 9.42. The van der Waals surface area contributed by atoms with Crippen molar-refractivity contribution in [3.63, 3.8) is 0 Å². The van der Waals surface area contributed by atoms with Gasteiger partial charge in [-0.1, -0.05) is 24.3 Å². The zero-order valence-corrected chi connectivity index (χ0v) is 16.3. The number of ether oxygens (including phenoxy) is 1. The van der Waals surface area contributed by atoms with Crippen LogP contribution in [-0.4, -0.2) is 43.2 Å². The molecule has 3 heterocycles. The van der Waals surface area contributed by atoms with Crippen LogP contribution in [0.3, 0.4) is 0 Å². The van der Waals surface area contributed by atoms with E-state index in [4.69, 9.17) is 4.74 Å². The minimum atomic E-state index is -0.00837. The predicted octanol–water partition coefficient (Wildman–Crippen LogP) is 2.96. The first kappa shape index (κ1) is 18.2. The summed E-state index contributed by atoms with van der Waals surface area (Å²) in [5.41, 5.74) is 3.86. The van der Waals surface area contributed by atoms with Crippen LogP contribution in [0.5, 0.6) is 5.88 Å². The Morgan fingerprint density at radius 1 is 1.18 bits per heavy atom. The van der Waals surface area contributed by atoms with E-state index < -0.39 is 0 Å². The van der Waals surface area contributed by atoms with Crippen molar-refractivity contribution < 1.29 is 9.53 Å². The summed E-state index contributed by atoms with van der Waals surface area (Å²) >= 11 is 0. The van der Waals surface area contributed by atoms with Gasteiger partial charge >= 0.3 is 0 Å². The molecule has 0 aliphatic carbocycles. The highest BCUT2D eigenvalue weighted by molar-refractivity contribution is 5.95. The average molecular weight is 377 g/mol. The summed E-state index contributed by atoms with van der Waals surface area (Å²) in [6, 6.07) is 10.0. The second-order valence-electron chi connectivity index (χ2n) is 7.18. The third-order valence-electron chi connectivity index (χ3n) is 4.86. The minimum Gasteiger partial charge on any atom is -0.475 e. The van der Waals surface area contributed by atoms with Crippen LogP contribution in [0.4, 0.5) is 0 Å². The monoisotopic (exact) mass is 377 g/mol. The number of hydrogen-bond acceptors (Lipinski definition) is 5. The molecule has 4 rings (SSSR count). The van der Waals surface area contributed by atoms with Crippen LogP contribution in [-0.2, 0) is 13.0 Å². The van der Waals surface area contributed by atoms with Gasteiger partial charge in [0.2, 0.25) is 5.88 Å².